The van der Waals surface area contributed by atoms with Crippen LogP contribution in [-0.2, 0) is 9.53 Å². The second-order valence-electron chi connectivity index (χ2n) is 6.83. The number of anilines is 1. The van der Waals surface area contributed by atoms with Crippen LogP contribution >= 0.6 is 11.8 Å². The molecule has 1 aliphatic heterocycles. The standard InChI is InChI=1S/C16H22N6O7S/c1-21(7(15(25)26)2-3-30-16(27)28)4-8-10(23)11(24)14(29-8)22-6-20-9-12(17)18-5-19-13(9)22/h5-8,10-11,14,23-24H,2-4H2,1H3,(H,25,26)(H,27,28)(H2,17,18,19)/t7-,8+,10+,11+,14+/m0/s1. The highest BCUT2D eigenvalue weighted by atomic mass is 32.2. The van der Waals surface area contributed by atoms with Crippen molar-refractivity contribution in [1.82, 2.24) is 24.4 Å². The van der Waals surface area contributed by atoms with Crippen molar-refractivity contribution in [3.05, 3.63) is 12.7 Å². The fourth-order valence-corrected chi connectivity index (χ4v) is 3.88. The molecule has 0 aliphatic carbocycles. The minimum atomic E-state index is -1.32. The SMILES string of the molecule is CN(C[C@H]1O[C@@H](n2cnc3c(N)ncnc32)[C@H](O)[C@@H]1O)[C@@H](CCSC(=O)O)C(=O)O. The van der Waals surface area contributed by atoms with Crippen LogP contribution in [0, 0.1) is 0 Å². The van der Waals surface area contributed by atoms with E-state index in [1.165, 1.54) is 29.2 Å². The molecule has 0 spiro atoms. The first-order chi connectivity index (χ1) is 14.2. The summed E-state index contributed by atoms with van der Waals surface area (Å²) in [6, 6.07) is -0.981. The van der Waals surface area contributed by atoms with Gasteiger partial charge in [0.25, 0.3) is 0 Å². The molecular formula is C16H22N6O7S. The van der Waals surface area contributed by atoms with E-state index >= 15 is 0 Å². The number of carboxylic acid groups (broad SMARTS) is 2. The Morgan fingerprint density at radius 2 is 2.03 bits per heavy atom. The Bertz CT molecular complexity index is 927. The number of rotatable bonds is 8. The molecule has 0 aromatic carbocycles. The zero-order valence-corrected chi connectivity index (χ0v) is 16.7. The molecule has 2 aromatic heterocycles. The van der Waals surface area contributed by atoms with Crippen LogP contribution in [0.3, 0.4) is 0 Å². The molecule has 1 saturated heterocycles. The van der Waals surface area contributed by atoms with Crippen LogP contribution in [0.25, 0.3) is 11.2 Å². The highest BCUT2D eigenvalue weighted by molar-refractivity contribution is 8.13. The number of carbonyl (C=O) groups is 2. The van der Waals surface area contributed by atoms with Gasteiger partial charge in [-0.15, -0.1) is 0 Å². The minimum Gasteiger partial charge on any atom is -0.480 e. The summed E-state index contributed by atoms with van der Waals surface area (Å²) >= 11 is 0.612. The number of aliphatic hydroxyl groups is 2. The Kier molecular flexibility index (Phi) is 6.72. The number of fused-ring (bicyclic) bond motifs is 1. The second kappa shape index (κ2) is 9.09. The van der Waals surface area contributed by atoms with Crippen molar-refractivity contribution < 1.29 is 34.8 Å². The number of hydrogen-bond acceptors (Lipinski definition) is 11. The summed E-state index contributed by atoms with van der Waals surface area (Å²) in [6.45, 7) is -0.00676. The fraction of sp³-hybridized carbons (Fsp3) is 0.562. The third-order valence-corrected chi connectivity index (χ3v) is 5.59. The first-order valence-electron chi connectivity index (χ1n) is 8.94. The molecule has 0 amide bonds. The maximum absolute atomic E-state index is 11.6. The van der Waals surface area contributed by atoms with E-state index in [0.717, 1.165) is 0 Å². The number of carboxylic acids is 1. The van der Waals surface area contributed by atoms with E-state index in [-0.39, 0.29) is 24.5 Å². The second-order valence-corrected chi connectivity index (χ2v) is 7.87. The molecule has 2 aromatic rings. The fourth-order valence-electron chi connectivity index (χ4n) is 3.37. The number of nitrogens with two attached hydrogens (primary N) is 1. The molecule has 164 valence electrons. The Morgan fingerprint density at radius 3 is 2.70 bits per heavy atom. The predicted molar refractivity (Wildman–Crippen MR) is 105 cm³/mol. The van der Waals surface area contributed by atoms with Gasteiger partial charge in [0.1, 0.15) is 36.2 Å². The number of thioether (sulfide) groups is 1. The normalized spacial score (nSPS) is 25.1. The lowest BCUT2D eigenvalue weighted by Crippen LogP contribution is -2.46. The molecule has 0 unspecified atom stereocenters. The van der Waals surface area contributed by atoms with E-state index in [0.29, 0.717) is 22.9 Å². The van der Waals surface area contributed by atoms with Crippen LogP contribution in [-0.4, -0.2) is 99.8 Å². The van der Waals surface area contributed by atoms with Crippen LogP contribution in [0.2, 0.25) is 0 Å². The summed E-state index contributed by atoms with van der Waals surface area (Å²) in [4.78, 5) is 35.7. The van der Waals surface area contributed by atoms with E-state index in [4.69, 9.17) is 15.6 Å². The van der Waals surface area contributed by atoms with Gasteiger partial charge in [0.05, 0.1) is 6.33 Å². The monoisotopic (exact) mass is 442 g/mol. The average molecular weight is 442 g/mol. The van der Waals surface area contributed by atoms with E-state index in [9.17, 15) is 24.9 Å². The summed E-state index contributed by atoms with van der Waals surface area (Å²) in [6.07, 6.45) is -1.83. The summed E-state index contributed by atoms with van der Waals surface area (Å²) in [5, 5.41) is 38.0. The maximum atomic E-state index is 11.6. The molecular weight excluding hydrogens is 420 g/mol. The molecule has 1 aliphatic rings. The number of ether oxygens (including phenoxy) is 1. The van der Waals surface area contributed by atoms with Gasteiger partial charge in [-0.1, -0.05) is 0 Å². The van der Waals surface area contributed by atoms with Crippen molar-refractivity contribution >= 4 is 40.0 Å². The minimum absolute atomic E-state index is 0.00676. The largest absolute Gasteiger partial charge is 0.480 e. The van der Waals surface area contributed by atoms with Crippen molar-refractivity contribution in [1.29, 1.82) is 0 Å². The molecule has 0 saturated carbocycles. The zero-order chi connectivity index (χ0) is 22.0. The van der Waals surface area contributed by atoms with Crippen molar-refractivity contribution in [2.24, 2.45) is 0 Å². The molecule has 13 nitrogen and oxygen atoms in total. The first kappa shape index (κ1) is 22.2. The lowest BCUT2D eigenvalue weighted by Gasteiger charge is -2.28. The number of aliphatic hydroxyl groups excluding tert-OH is 2. The molecule has 6 N–H and O–H groups in total. The summed E-state index contributed by atoms with van der Waals surface area (Å²) in [5.74, 6) is -0.856. The van der Waals surface area contributed by atoms with Gasteiger partial charge in [0.2, 0.25) is 0 Å². The van der Waals surface area contributed by atoms with Crippen LogP contribution in [0.4, 0.5) is 10.6 Å². The van der Waals surface area contributed by atoms with Crippen LogP contribution in [0.15, 0.2) is 12.7 Å². The lowest BCUT2D eigenvalue weighted by atomic mass is 10.1. The Hall–Kier alpha value is -2.52. The van der Waals surface area contributed by atoms with Gasteiger partial charge in [0, 0.05) is 12.3 Å². The lowest BCUT2D eigenvalue weighted by molar-refractivity contribution is -0.143. The van der Waals surface area contributed by atoms with Crippen molar-refractivity contribution in [2.45, 2.75) is 37.0 Å². The van der Waals surface area contributed by atoms with Crippen molar-refractivity contribution in [3.8, 4) is 0 Å². The molecule has 30 heavy (non-hydrogen) atoms. The van der Waals surface area contributed by atoms with Crippen molar-refractivity contribution in [3.63, 3.8) is 0 Å². The molecule has 1 fully saturated rings. The quantitative estimate of drug-likeness (QED) is 0.341. The van der Waals surface area contributed by atoms with Gasteiger partial charge >= 0.3 is 11.3 Å². The third-order valence-electron chi connectivity index (χ3n) is 4.90. The maximum Gasteiger partial charge on any atom is 0.364 e. The molecule has 0 radical (unpaired) electrons. The van der Waals surface area contributed by atoms with Gasteiger partial charge < -0.3 is 30.9 Å². The van der Waals surface area contributed by atoms with E-state index in [1.807, 2.05) is 0 Å². The number of aromatic nitrogens is 4. The number of imidazole rings is 1. The van der Waals surface area contributed by atoms with E-state index < -0.39 is 41.9 Å². The van der Waals surface area contributed by atoms with Gasteiger partial charge in [-0.05, 0) is 25.2 Å². The topological polar surface area (TPSA) is 197 Å². The smallest absolute Gasteiger partial charge is 0.364 e. The van der Waals surface area contributed by atoms with Crippen LogP contribution in [0.5, 0.6) is 0 Å². The van der Waals surface area contributed by atoms with Gasteiger partial charge in [-0.2, -0.15) is 0 Å². The highest BCUT2D eigenvalue weighted by Crippen LogP contribution is 2.32. The predicted octanol–water partition coefficient (Wildman–Crippen LogP) is -0.786. The number of likely N-dealkylation sites (N-methyl/N-ethyl adjacent to an activating group) is 1. The molecule has 3 heterocycles. The summed E-state index contributed by atoms with van der Waals surface area (Å²) in [5.41, 5.74) is 6.41. The Morgan fingerprint density at radius 1 is 1.30 bits per heavy atom. The first-order valence-corrected chi connectivity index (χ1v) is 9.92. The molecule has 0 bridgehead atoms. The highest BCUT2D eigenvalue weighted by Gasteiger charge is 2.45. The van der Waals surface area contributed by atoms with Crippen molar-refractivity contribution in [2.75, 3.05) is 25.1 Å². The van der Waals surface area contributed by atoms with Gasteiger partial charge in [0.15, 0.2) is 17.7 Å². The number of nitrogen functional groups attached to an aromatic ring is 1. The Balaban J connectivity index is 1.72. The van der Waals surface area contributed by atoms with Crippen LogP contribution < -0.4 is 5.73 Å². The van der Waals surface area contributed by atoms with Gasteiger partial charge in [-0.3, -0.25) is 14.3 Å². The average Bonchev–Trinajstić information content (AvgIpc) is 3.22. The van der Waals surface area contributed by atoms with Crippen LogP contribution in [0.1, 0.15) is 12.6 Å². The van der Waals surface area contributed by atoms with Gasteiger partial charge in [-0.25, -0.2) is 19.7 Å². The van der Waals surface area contributed by atoms with E-state index in [1.54, 1.807) is 0 Å². The number of hydrogen-bond donors (Lipinski definition) is 5. The summed E-state index contributed by atoms with van der Waals surface area (Å²) in [7, 11) is 1.53. The zero-order valence-electron chi connectivity index (χ0n) is 15.9. The molecule has 14 heteroatoms. The third kappa shape index (κ3) is 4.46. The number of aliphatic carboxylic acids is 1. The number of nitrogens with zero attached hydrogens (tertiary/aromatic N) is 5. The molecule has 5 atom stereocenters. The molecule has 3 rings (SSSR count). The summed E-state index contributed by atoms with van der Waals surface area (Å²) < 4.78 is 7.24. The Labute approximate surface area is 174 Å². The van der Waals surface area contributed by atoms with E-state index in [2.05, 4.69) is 15.0 Å².